The summed E-state index contributed by atoms with van der Waals surface area (Å²) in [5, 5.41) is 5.98. The van der Waals surface area contributed by atoms with E-state index in [2.05, 4.69) is 12.2 Å². The zero-order valence-corrected chi connectivity index (χ0v) is 5.84. The van der Waals surface area contributed by atoms with E-state index in [1.165, 1.54) is 0 Å². The molecule has 0 aliphatic heterocycles. The average Bonchev–Trinajstić information content (AvgIpc) is 1.59. The van der Waals surface area contributed by atoms with Crippen LogP contribution in [0.15, 0.2) is 0 Å². The fraction of sp³-hybridized carbons (Fsp3) is 0. The van der Waals surface area contributed by atoms with Crippen molar-refractivity contribution in [3.05, 3.63) is 0 Å². The molecule has 8 heteroatoms. The fourth-order valence-corrected chi connectivity index (χ4v) is 0.477. The monoisotopic (exact) mass is 169 g/mol. The number of nitrogens with two attached hydrogens (primary N) is 1. The molecule has 0 atom stereocenters. The highest BCUT2D eigenvalue weighted by Gasteiger charge is 1.98. The Morgan fingerprint density at radius 2 is 2.11 bits per heavy atom. The van der Waals surface area contributed by atoms with Gasteiger partial charge in [-0.3, -0.25) is 5.43 Å². The lowest BCUT2D eigenvalue weighted by molar-refractivity contribution is 0.577. The topological polar surface area (TPSA) is 108 Å². The summed E-state index contributed by atoms with van der Waals surface area (Å²) < 4.78 is 19.8. The van der Waals surface area contributed by atoms with Crippen molar-refractivity contribution in [1.82, 2.24) is 15.4 Å². The van der Waals surface area contributed by atoms with Crippen molar-refractivity contribution in [2.45, 2.75) is 0 Å². The third-order valence-corrected chi connectivity index (χ3v) is 0.781. The normalized spacial score (nSPS) is 10.8. The van der Waals surface area contributed by atoms with E-state index in [4.69, 9.17) is 10.9 Å². The van der Waals surface area contributed by atoms with E-state index < -0.39 is 10.2 Å². The van der Waals surface area contributed by atoms with Crippen LogP contribution in [0.2, 0.25) is 0 Å². The Labute approximate surface area is 57.7 Å². The largest absolute Gasteiger partial charge is 0.375 e. The molecule has 0 aromatic rings. The van der Waals surface area contributed by atoms with Gasteiger partial charge in [0.15, 0.2) is 5.11 Å². The van der Waals surface area contributed by atoms with Gasteiger partial charge < -0.3 is 5.73 Å². The molecule has 0 aliphatic rings. The molecule has 0 saturated heterocycles. The second kappa shape index (κ2) is 2.92. The van der Waals surface area contributed by atoms with Crippen molar-refractivity contribution in [2.24, 2.45) is 5.73 Å². The predicted octanol–water partition coefficient (Wildman–Crippen LogP) is -2.15. The van der Waals surface area contributed by atoms with E-state index in [1.54, 1.807) is 4.83 Å². The molecule has 0 amide bonds. The van der Waals surface area contributed by atoms with Crippen LogP contribution in [-0.2, 0) is 10.2 Å². The highest BCUT2D eigenvalue weighted by Crippen LogP contribution is 1.62. The van der Waals surface area contributed by atoms with Crippen molar-refractivity contribution in [1.29, 1.82) is 0 Å². The van der Waals surface area contributed by atoms with E-state index in [-0.39, 0.29) is 5.11 Å². The summed E-state index contributed by atoms with van der Waals surface area (Å²) in [6.45, 7) is 0. The van der Waals surface area contributed by atoms with Crippen LogP contribution < -0.4 is 21.1 Å². The van der Waals surface area contributed by atoms with Crippen LogP contribution in [0.1, 0.15) is 0 Å². The van der Waals surface area contributed by atoms with Crippen LogP contribution >= 0.6 is 12.2 Å². The van der Waals surface area contributed by atoms with Gasteiger partial charge in [0.1, 0.15) is 0 Å². The fourth-order valence-electron chi connectivity index (χ4n) is 0.117. The van der Waals surface area contributed by atoms with Crippen LogP contribution in [-0.4, -0.2) is 13.5 Å². The summed E-state index contributed by atoms with van der Waals surface area (Å²) >= 11 is 4.22. The zero-order chi connectivity index (χ0) is 7.49. The van der Waals surface area contributed by atoms with Gasteiger partial charge in [-0.05, 0) is 12.2 Å². The number of rotatable bonds is 2. The van der Waals surface area contributed by atoms with Crippen LogP contribution in [0.25, 0.3) is 0 Å². The number of nitrogens with one attached hydrogen (secondary N) is 3. The molecule has 5 N–H and O–H groups in total. The summed E-state index contributed by atoms with van der Waals surface area (Å²) in [4.78, 5) is 1.54. The summed E-state index contributed by atoms with van der Waals surface area (Å²) in [6, 6.07) is 0. The van der Waals surface area contributed by atoms with E-state index in [0.29, 0.717) is 0 Å². The summed E-state index contributed by atoms with van der Waals surface area (Å²) in [5.74, 6) is 0. The number of hydrazine groups is 1. The second-order valence-electron chi connectivity index (χ2n) is 1.09. The molecule has 0 spiro atoms. The van der Waals surface area contributed by atoms with E-state index in [1.807, 2.05) is 5.43 Å². The van der Waals surface area contributed by atoms with E-state index in [0.717, 1.165) is 0 Å². The molecule has 0 unspecified atom stereocenters. The molecule has 0 aromatic carbocycles. The van der Waals surface area contributed by atoms with E-state index >= 15 is 0 Å². The van der Waals surface area contributed by atoms with Gasteiger partial charge in [-0.1, -0.05) is 0 Å². The molecule has 0 aliphatic carbocycles. The molecule has 53 valence electrons. The lowest BCUT2D eigenvalue weighted by atomic mass is 11.2. The van der Waals surface area contributed by atoms with Gasteiger partial charge in [0.25, 0.3) is 0 Å². The van der Waals surface area contributed by atoms with Crippen molar-refractivity contribution >= 4 is 27.5 Å². The van der Waals surface area contributed by atoms with Gasteiger partial charge in [-0.2, -0.15) is 8.42 Å². The molecule has 0 rings (SSSR count). The lowest BCUT2D eigenvalue weighted by Crippen LogP contribution is -2.44. The Balaban J connectivity index is 3.67. The minimum atomic E-state index is -4.00. The van der Waals surface area contributed by atoms with Gasteiger partial charge in [-0.15, -0.1) is 9.97 Å². The molecule has 0 fully saturated rings. The maximum Gasteiger partial charge on any atom is 0.307 e. The molecular weight excluding hydrogens is 164 g/mol. The van der Waals surface area contributed by atoms with Gasteiger partial charge in [0.2, 0.25) is 0 Å². The average molecular weight is 169 g/mol. The Morgan fingerprint density at radius 1 is 1.67 bits per heavy atom. The summed E-state index contributed by atoms with van der Waals surface area (Å²) in [6.07, 6.45) is 0. The van der Waals surface area contributed by atoms with Crippen molar-refractivity contribution < 1.29 is 8.42 Å². The number of hydrogen-bond acceptors (Lipinski definition) is 3. The molecule has 6 nitrogen and oxygen atoms in total. The first-order valence-corrected chi connectivity index (χ1v) is 3.63. The Bertz CT molecular complexity index is 195. The van der Waals surface area contributed by atoms with Crippen LogP contribution in [0.3, 0.4) is 0 Å². The summed E-state index contributed by atoms with van der Waals surface area (Å²) in [5.41, 5.74) is 6.68. The first kappa shape index (κ1) is 8.56. The first-order chi connectivity index (χ1) is 3.92. The standard InChI is InChI=1S/CH5N4O2S2/c2-1(8)4-5-9(3,6)7/h3,5H,(H3,2,4,8). The van der Waals surface area contributed by atoms with E-state index in [9.17, 15) is 8.42 Å². The molecule has 0 aromatic heterocycles. The maximum absolute atomic E-state index is 9.91. The Morgan fingerprint density at radius 3 is 2.22 bits per heavy atom. The Hall–Kier alpha value is -0.440. The van der Waals surface area contributed by atoms with Gasteiger partial charge in [0.05, 0.1) is 0 Å². The molecule has 0 heterocycles. The quantitative estimate of drug-likeness (QED) is 0.322. The van der Waals surface area contributed by atoms with Crippen LogP contribution in [0.5, 0.6) is 0 Å². The van der Waals surface area contributed by atoms with Crippen LogP contribution in [0, 0.1) is 0 Å². The first-order valence-electron chi connectivity index (χ1n) is 1.73. The number of hydrogen-bond donors (Lipinski definition) is 3. The highest BCUT2D eigenvalue weighted by atomic mass is 32.2. The minimum Gasteiger partial charge on any atom is -0.375 e. The van der Waals surface area contributed by atoms with Gasteiger partial charge in [0, 0.05) is 0 Å². The third-order valence-electron chi connectivity index (χ3n) is 0.309. The lowest BCUT2D eigenvalue weighted by Gasteiger charge is -1.99. The number of thiocarbonyl (C=S) groups is 1. The molecule has 1 radical (unpaired) electrons. The van der Waals surface area contributed by atoms with Crippen LogP contribution in [0.4, 0.5) is 0 Å². The zero-order valence-electron chi connectivity index (χ0n) is 4.21. The third kappa shape index (κ3) is 7.56. The molecule has 9 heavy (non-hydrogen) atoms. The molecule has 0 saturated carbocycles. The van der Waals surface area contributed by atoms with Crippen molar-refractivity contribution in [2.75, 3.05) is 0 Å². The smallest absolute Gasteiger partial charge is 0.307 e. The SMILES string of the molecule is [NH]S(=O)(=O)NNC(N)=S. The Kier molecular flexibility index (Phi) is 2.77. The molecule has 0 bridgehead atoms. The predicted molar refractivity (Wildman–Crippen MR) is 35.1 cm³/mol. The highest BCUT2D eigenvalue weighted by molar-refractivity contribution is 7.86. The maximum atomic E-state index is 9.91. The minimum absolute atomic E-state index is 0.231. The summed E-state index contributed by atoms with van der Waals surface area (Å²) in [7, 11) is -4.00. The second-order valence-corrected chi connectivity index (χ2v) is 2.75. The van der Waals surface area contributed by atoms with Crippen molar-refractivity contribution in [3.8, 4) is 0 Å². The van der Waals surface area contributed by atoms with Gasteiger partial charge in [-0.25, -0.2) is 0 Å². The van der Waals surface area contributed by atoms with Gasteiger partial charge >= 0.3 is 10.2 Å². The molecular formula is CH5N4O2S2. The van der Waals surface area contributed by atoms with Crippen molar-refractivity contribution in [3.63, 3.8) is 0 Å².